The maximum absolute atomic E-state index is 12.3. The van der Waals surface area contributed by atoms with E-state index in [0.717, 1.165) is 17.6 Å². The molecule has 0 aliphatic rings. The molecule has 0 spiro atoms. The van der Waals surface area contributed by atoms with Gasteiger partial charge in [0.25, 0.3) is 5.91 Å². The molecule has 0 saturated heterocycles. The summed E-state index contributed by atoms with van der Waals surface area (Å²) in [6.45, 7) is 5.06. The molecule has 3 aromatic rings. The first-order valence-electron chi connectivity index (χ1n) is 6.89. The smallest absolute Gasteiger partial charge is 0.258 e. The molecule has 3 rings (SSSR count). The van der Waals surface area contributed by atoms with E-state index in [1.807, 2.05) is 16.8 Å². The maximum atomic E-state index is 12.3. The monoisotopic (exact) mass is 283 g/mol. The van der Waals surface area contributed by atoms with E-state index >= 15 is 0 Å². The summed E-state index contributed by atoms with van der Waals surface area (Å²) in [6.07, 6.45) is 5.17. The second kappa shape index (κ2) is 5.40. The zero-order chi connectivity index (χ0) is 14.8. The number of H-pyrrole nitrogens is 1. The van der Waals surface area contributed by atoms with E-state index < -0.39 is 0 Å². The Bertz CT molecular complexity index is 771. The van der Waals surface area contributed by atoms with Gasteiger partial charge in [0, 0.05) is 24.5 Å². The van der Waals surface area contributed by atoms with E-state index in [1.54, 1.807) is 24.7 Å². The molecule has 0 saturated carbocycles. The van der Waals surface area contributed by atoms with Crippen molar-refractivity contribution in [2.75, 3.05) is 5.32 Å². The molecule has 2 aromatic heterocycles. The van der Waals surface area contributed by atoms with Crippen LogP contribution in [0.4, 0.5) is 5.95 Å². The number of nitrogens with one attached hydrogen (secondary N) is 2. The highest BCUT2D eigenvalue weighted by Crippen LogP contribution is 2.14. The van der Waals surface area contributed by atoms with Gasteiger partial charge in [-0.2, -0.15) is 0 Å². The first kappa shape index (κ1) is 13.4. The molecule has 0 radical (unpaired) electrons. The Morgan fingerprint density at radius 2 is 2.24 bits per heavy atom. The number of hydrogen-bond donors (Lipinski definition) is 2. The van der Waals surface area contributed by atoms with Crippen LogP contribution in [0, 0.1) is 5.92 Å². The lowest BCUT2D eigenvalue weighted by molar-refractivity contribution is 0.102. The SMILES string of the molecule is CC(C)Cn1ccnc1NC(=O)c1ccc2nc[nH]c2c1. The van der Waals surface area contributed by atoms with Crippen molar-refractivity contribution in [2.24, 2.45) is 5.92 Å². The van der Waals surface area contributed by atoms with Crippen LogP contribution in [0.25, 0.3) is 11.0 Å². The van der Waals surface area contributed by atoms with Crippen LogP contribution < -0.4 is 5.32 Å². The zero-order valence-corrected chi connectivity index (χ0v) is 12.0. The largest absolute Gasteiger partial charge is 0.345 e. The summed E-state index contributed by atoms with van der Waals surface area (Å²) < 4.78 is 1.94. The number of fused-ring (bicyclic) bond motifs is 1. The number of hydrogen-bond acceptors (Lipinski definition) is 3. The number of rotatable bonds is 4. The predicted octanol–water partition coefficient (Wildman–Crippen LogP) is 2.67. The average molecular weight is 283 g/mol. The van der Waals surface area contributed by atoms with Crippen molar-refractivity contribution in [1.82, 2.24) is 19.5 Å². The van der Waals surface area contributed by atoms with Crippen molar-refractivity contribution in [3.63, 3.8) is 0 Å². The van der Waals surface area contributed by atoms with Crippen LogP contribution in [-0.2, 0) is 6.54 Å². The van der Waals surface area contributed by atoms with E-state index in [4.69, 9.17) is 0 Å². The Morgan fingerprint density at radius 3 is 3.05 bits per heavy atom. The Labute approximate surface area is 122 Å². The number of aromatic amines is 1. The second-order valence-electron chi connectivity index (χ2n) is 5.39. The molecule has 21 heavy (non-hydrogen) atoms. The lowest BCUT2D eigenvalue weighted by Gasteiger charge is -2.11. The predicted molar refractivity (Wildman–Crippen MR) is 81.1 cm³/mol. The standard InChI is InChI=1S/C15H17N5O/c1-10(2)8-20-6-5-16-15(20)19-14(21)11-3-4-12-13(7-11)18-9-17-12/h3-7,9-10H,8H2,1-2H3,(H,17,18)(H,16,19,21). The number of aromatic nitrogens is 4. The molecule has 0 aliphatic carbocycles. The van der Waals surface area contributed by atoms with Crippen LogP contribution in [0.15, 0.2) is 36.9 Å². The Balaban J connectivity index is 1.81. The first-order valence-corrected chi connectivity index (χ1v) is 6.89. The molecule has 6 heteroatoms. The molecule has 1 amide bonds. The summed E-state index contributed by atoms with van der Waals surface area (Å²) in [4.78, 5) is 23.7. The van der Waals surface area contributed by atoms with Gasteiger partial charge in [0.15, 0.2) is 0 Å². The van der Waals surface area contributed by atoms with Crippen LogP contribution in [0.2, 0.25) is 0 Å². The second-order valence-corrected chi connectivity index (χ2v) is 5.39. The molecule has 2 N–H and O–H groups in total. The van der Waals surface area contributed by atoms with Crippen molar-refractivity contribution in [3.8, 4) is 0 Å². The highest BCUT2D eigenvalue weighted by Gasteiger charge is 2.11. The van der Waals surface area contributed by atoms with Gasteiger partial charge in [-0.25, -0.2) is 9.97 Å². The maximum Gasteiger partial charge on any atom is 0.258 e. The fourth-order valence-corrected chi connectivity index (χ4v) is 2.22. The van der Waals surface area contributed by atoms with Crippen LogP contribution in [0.1, 0.15) is 24.2 Å². The Hall–Kier alpha value is -2.63. The summed E-state index contributed by atoms with van der Waals surface area (Å²) in [5.74, 6) is 0.873. The minimum atomic E-state index is -0.178. The molecule has 0 unspecified atom stereocenters. The number of imidazole rings is 2. The van der Waals surface area contributed by atoms with Crippen molar-refractivity contribution in [3.05, 3.63) is 42.5 Å². The highest BCUT2D eigenvalue weighted by atomic mass is 16.1. The van der Waals surface area contributed by atoms with Gasteiger partial charge in [-0.3, -0.25) is 10.1 Å². The van der Waals surface area contributed by atoms with Gasteiger partial charge >= 0.3 is 0 Å². The molecule has 6 nitrogen and oxygen atoms in total. The van der Waals surface area contributed by atoms with E-state index in [0.29, 0.717) is 17.4 Å². The van der Waals surface area contributed by atoms with Gasteiger partial charge in [0.05, 0.1) is 17.4 Å². The van der Waals surface area contributed by atoms with Crippen molar-refractivity contribution >= 4 is 22.9 Å². The Morgan fingerprint density at radius 1 is 1.38 bits per heavy atom. The molecular weight excluding hydrogens is 266 g/mol. The van der Waals surface area contributed by atoms with E-state index in [1.165, 1.54) is 0 Å². The number of amides is 1. The van der Waals surface area contributed by atoms with Crippen molar-refractivity contribution < 1.29 is 4.79 Å². The van der Waals surface area contributed by atoms with Crippen LogP contribution in [-0.4, -0.2) is 25.4 Å². The quantitative estimate of drug-likeness (QED) is 0.773. The van der Waals surface area contributed by atoms with Gasteiger partial charge in [-0.15, -0.1) is 0 Å². The van der Waals surface area contributed by atoms with Gasteiger partial charge in [-0.1, -0.05) is 13.8 Å². The molecule has 0 bridgehead atoms. The van der Waals surface area contributed by atoms with Gasteiger partial charge in [0.2, 0.25) is 5.95 Å². The third-order valence-electron chi connectivity index (χ3n) is 3.19. The topological polar surface area (TPSA) is 75.6 Å². The normalized spacial score (nSPS) is 11.2. The lowest BCUT2D eigenvalue weighted by atomic mass is 10.2. The number of anilines is 1. The van der Waals surface area contributed by atoms with Gasteiger partial charge < -0.3 is 9.55 Å². The zero-order valence-electron chi connectivity index (χ0n) is 12.0. The summed E-state index contributed by atoms with van der Waals surface area (Å²) >= 11 is 0. The number of benzene rings is 1. The van der Waals surface area contributed by atoms with Crippen LogP contribution in [0.3, 0.4) is 0 Å². The average Bonchev–Trinajstić information content (AvgIpc) is 3.06. The van der Waals surface area contributed by atoms with E-state index in [9.17, 15) is 4.79 Å². The molecule has 2 heterocycles. The van der Waals surface area contributed by atoms with Gasteiger partial charge in [-0.05, 0) is 24.1 Å². The minimum Gasteiger partial charge on any atom is -0.345 e. The first-order chi connectivity index (χ1) is 10.1. The van der Waals surface area contributed by atoms with Crippen molar-refractivity contribution in [1.29, 1.82) is 0 Å². The molecule has 1 aromatic carbocycles. The van der Waals surface area contributed by atoms with E-state index in [2.05, 4.69) is 34.1 Å². The molecule has 108 valence electrons. The number of nitrogens with zero attached hydrogens (tertiary/aromatic N) is 3. The van der Waals surface area contributed by atoms with Crippen LogP contribution in [0.5, 0.6) is 0 Å². The summed E-state index contributed by atoms with van der Waals surface area (Å²) in [6, 6.07) is 5.36. The molecule has 0 atom stereocenters. The van der Waals surface area contributed by atoms with Gasteiger partial charge in [0.1, 0.15) is 0 Å². The Kier molecular flexibility index (Phi) is 3.43. The fourth-order valence-electron chi connectivity index (χ4n) is 2.22. The molecule has 0 aliphatic heterocycles. The lowest BCUT2D eigenvalue weighted by Crippen LogP contribution is -2.17. The fraction of sp³-hybridized carbons (Fsp3) is 0.267. The molecular formula is C15H17N5O. The van der Waals surface area contributed by atoms with E-state index in [-0.39, 0.29) is 5.91 Å². The third kappa shape index (κ3) is 2.79. The summed E-state index contributed by atoms with van der Waals surface area (Å²) in [5, 5.41) is 2.85. The molecule has 0 fully saturated rings. The highest BCUT2D eigenvalue weighted by molar-refractivity contribution is 6.05. The van der Waals surface area contributed by atoms with Crippen molar-refractivity contribution in [2.45, 2.75) is 20.4 Å². The number of carbonyl (C=O) groups is 1. The minimum absolute atomic E-state index is 0.178. The number of carbonyl (C=O) groups excluding carboxylic acids is 1. The van der Waals surface area contributed by atoms with Crippen LogP contribution >= 0.6 is 0 Å². The third-order valence-corrected chi connectivity index (χ3v) is 3.19. The summed E-state index contributed by atoms with van der Waals surface area (Å²) in [5.41, 5.74) is 2.26. The summed E-state index contributed by atoms with van der Waals surface area (Å²) in [7, 11) is 0.